The second-order valence-corrected chi connectivity index (χ2v) is 6.77. The molecule has 1 saturated heterocycles. The van der Waals surface area contributed by atoms with E-state index in [2.05, 4.69) is 29.3 Å². The molecule has 1 fully saturated rings. The highest BCUT2D eigenvalue weighted by Gasteiger charge is 2.26. The van der Waals surface area contributed by atoms with Gasteiger partial charge in [-0.1, -0.05) is 37.3 Å². The number of hydrogen-bond donors (Lipinski definition) is 1. The number of likely N-dealkylation sites (tertiary alicyclic amines) is 1. The van der Waals surface area contributed by atoms with E-state index in [-0.39, 0.29) is 17.6 Å². The van der Waals surface area contributed by atoms with Crippen molar-refractivity contribution in [1.29, 1.82) is 0 Å². The molecule has 1 amide bonds. The summed E-state index contributed by atoms with van der Waals surface area (Å²) < 4.78 is 0.607. The fraction of sp³-hybridized carbons (Fsp3) is 0.400. The Bertz CT molecular complexity index is 697. The molecule has 1 aliphatic rings. The molecule has 2 aromatic rings. The van der Waals surface area contributed by atoms with Crippen molar-refractivity contribution >= 4 is 5.91 Å². The van der Waals surface area contributed by atoms with Gasteiger partial charge in [0.1, 0.15) is 0 Å². The van der Waals surface area contributed by atoms with E-state index in [9.17, 15) is 10.0 Å². The number of carbonyl (C=O) groups excluding carboxylic acids is 1. The maximum Gasteiger partial charge on any atom is 0.317 e. The van der Waals surface area contributed by atoms with Gasteiger partial charge in [0.2, 0.25) is 0 Å². The predicted octanol–water partition coefficient (Wildman–Crippen LogP) is 2.52. The summed E-state index contributed by atoms with van der Waals surface area (Å²) >= 11 is 0. The molecular formula is C20H25N3O2. The molecule has 5 heteroatoms. The molecular weight excluding hydrogens is 314 g/mol. The number of rotatable bonds is 5. The summed E-state index contributed by atoms with van der Waals surface area (Å²) in [5, 5.41) is 14.7. The van der Waals surface area contributed by atoms with E-state index in [0.717, 1.165) is 19.0 Å². The highest BCUT2D eigenvalue weighted by Crippen LogP contribution is 2.26. The third-order valence-electron chi connectivity index (χ3n) is 4.96. The minimum atomic E-state index is -0.332. The zero-order valence-electron chi connectivity index (χ0n) is 14.6. The van der Waals surface area contributed by atoms with Crippen molar-refractivity contribution in [3.8, 4) is 0 Å². The molecule has 3 rings (SSSR count). The topological polar surface area (TPSA) is 59.3 Å². The monoisotopic (exact) mass is 339 g/mol. The van der Waals surface area contributed by atoms with Crippen LogP contribution < -0.4 is 10.0 Å². The maximum atomic E-state index is 12.4. The van der Waals surface area contributed by atoms with Gasteiger partial charge in [0, 0.05) is 18.7 Å². The molecule has 25 heavy (non-hydrogen) atoms. The van der Waals surface area contributed by atoms with Gasteiger partial charge in [-0.2, -0.15) is 4.73 Å². The molecule has 2 heterocycles. The van der Waals surface area contributed by atoms with Crippen LogP contribution in [0, 0.1) is 11.1 Å². The molecule has 1 atom stereocenters. The van der Waals surface area contributed by atoms with Gasteiger partial charge in [-0.25, -0.2) is 0 Å². The Labute approximate surface area is 148 Å². The second-order valence-electron chi connectivity index (χ2n) is 6.77. The summed E-state index contributed by atoms with van der Waals surface area (Å²) in [5.41, 5.74) is 1.32. The summed E-state index contributed by atoms with van der Waals surface area (Å²) in [7, 11) is 0. The first-order chi connectivity index (χ1) is 12.1. The van der Waals surface area contributed by atoms with Crippen molar-refractivity contribution in [2.45, 2.75) is 25.8 Å². The minimum absolute atomic E-state index is 0.126. The molecule has 1 N–H and O–H groups in total. The van der Waals surface area contributed by atoms with E-state index in [1.807, 2.05) is 18.2 Å². The number of benzene rings is 1. The summed E-state index contributed by atoms with van der Waals surface area (Å²) in [4.78, 5) is 14.8. The molecule has 0 radical (unpaired) electrons. The molecule has 0 spiro atoms. The lowest BCUT2D eigenvalue weighted by Crippen LogP contribution is -2.44. The summed E-state index contributed by atoms with van der Waals surface area (Å²) in [6.07, 6.45) is 3.70. The molecule has 0 unspecified atom stereocenters. The van der Waals surface area contributed by atoms with Crippen molar-refractivity contribution < 1.29 is 9.52 Å². The Morgan fingerprint density at radius 1 is 1.20 bits per heavy atom. The van der Waals surface area contributed by atoms with Crippen LogP contribution >= 0.6 is 0 Å². The normalized spacial score (nSPS) is 17.2. The summed E-state index contributed by atoms with van der Waals surface area (Å²) in [6, 6.07) is 15.2. The zero-order chi connectivity index (χ0) is 17.6. The van der Waals surface area contributed by atoms with E-state index in [0.29, 0.717) is 11.3 Å². The number of piperidine rings is 1. The van der Waals surface area contributed by atoms with Crippen LogP contribution in [0.3, 0.4) is 0 Å². The standard InChI is InChI=1S/C20H25N3O2/c1-16-10-13-22(14-11-16)19(17-7-3-2-4-8-17)15-21-20(24)18-9-5-6-12-23(18)25/h2-9,12,16,19H,10-11,13-15H2,1H3,(H,21,24)/t19-/m1/s1. The predicted molar refractivity (Wildman–Crippen MR) is 96.9 cm³/mol. The number of hydrogen-bond acceptors (Lipinski definition) is 3. The van der Waals surface area contributed by atoms with E-state index in [1.54, 1.807) is 18.2 Å². The van der Waals surface area contributed by atoms with Gasteiger partial charge in [-0.05, 0) is 43.5 Å². The smallest absolute Gasteiger partial charge is 0.317 e. The van der Waals surface area contributed by atoms with Crippen molar-refractivity contribution in [2.24, 2.45) is 5.92 Å². The Morgan fingerprint density at radius 3 is 2.56 bits per heavy atom. The molecule has 132 valence electrons. The van der Waals surface area contributed by atoms with E-state index in [4.69, 9.17) is 0 Å². The summed E-state index contributed by atoms with van der Waals surface area (Å²) in [5.74, 6) is 0.424. The van der Waals surface area contributed by atoms with Gasteiger partial charge in [0.15, 0.2) is 6.20 Å². The molecule has 1 aromatic heterocycles. The number of amides is 1. The Kier molecular flexibility index (Phi) is 5.66. The number of nitrogens with one attached hydrogen (secondary N) is 1. The Balaban J connectivity index is 1.72. The molecule has 5 nitrogen and oxygen atoms in total. The van der Waals surface area contributed by atoms with Crippen LogP contribution in [-0.2, 0) is 0 Å². The second kappa shape index (κ2) is 8.12. The van der Waals surface area contributed by atoms with Crippen LogP contribution in [0.4, 0.5) is 0 Å². The Hall–Kier alpha value is -2.40. The van der Waals surface area contributed by atoms with Crippen LogP contribution in [0.5, 0.6) is 0 Å². The third-order valence-corrected chi connectivity index (χ3v) is 4.96. The first-order valence-corrected chi connectivity index (χ1v) is 8.90. The van der Waals surface area contributed by atoms with Crippen LogP contribution in [0.15, 0.2) is 54.7 Å². The van der Waals surface area contributed by atoms with Crippen LogP contribution in [-0.4, -0.2) is 30.4 Å². The fourth-order valence-electron chi connectivity index (χ4n) is 3.36. The lowest BCUT2D eigenvalue weighted by atomic mass is 9.95. The van der Waals surface area contributed by atoms with Gasteiger partial charge in [0.25, 0.3) is 5.69 Å². The number of aromatic nitrogens is 1. The average molecular weight is 339 g/mol. The van der Waals surface area contributed by atoms with Crippen LogP contribution in [0.25, 0.3) is 0 Å². The quantitative estimate of drug-likeness (QED) is 0.673. The number of pyridine rings is 1. The van der Waals surface area contributed by atoms with Gasteiger partial charge in [-0.3, -0.25) is 9.69 Å². The fourth-order valence-corrected chi connectivity index (χ4v) is 3.36. The van der Waals surface area contributed by atoms with Crippen molar-refractivity contribution in [1.82, 2.24) is 10.2 Å². The van der Waals surface area contributed by atoms with E-state index < -0.39 is 0 Å². The van der Waals surface area contributed by atoms with Crippen molar-refractivity contribution in [3.63, 3.8) is 0 Å². The van der Waals surface area contributed by atoms with E-state index in [1.165, 1.54) is 24.6 Å². The SMILES string of the molecule is CC1CCN([C@H](CNC(=O)c2cccc[n+]2[O-])c2ccccc2)CC1. The van der Waals surface area contributed by atoms with Crippen LogP contribution in [0.2, 0.25) is 0 Å². The Morgan fingerprint density at radius 2 is 1.88 bits per heavy atom. The van der Waals surface area contributed by atoms with Crippen LogP contribution in [0.1, 0.15) is 41.9 Å². The highest BCUT2D eigenvalue weighted by atomic mass is 16.5. The van der Waals surface area contributed by atoms with Gasteiger partial charge >= 0.3 is 5.91 Å². The van der Waals surface area contributed by atoms with Crippen molar-refractivity contribution in [2.75, 3.05) is 19.6 Å². The van der Waals surface area contributed by atoms with Crippen molar-refractivity contribution in [3.05, 3.63) is 71.2 Å². The number of carbonyl (C=O) groups is 1. The van der Waals surface area contributed by atoms with Gasteiger partial charge < -0.3 is 10.5 Å². The first kappa shape index (κ1) is 17.4. The molecule has 1 aromatic carbocycles. The van der Waals surface area contributed by atoms with E-state index >= 15 is 0 Å². The molecule has 1 aliphatic heterocycles. The lowest BCUT2D eigenvalue weighted by Gasteiger charge is -2.37. The van der Waals surface area contributed by atoms with Gasteiger partial charge in [0.05, 0.1) is 6.04 Å². The number of nitrogens with zero attached hydrogens (tertiary/aromatic N) is 2. The highest BCUT2D eigenvalue weighted by molar-refractivity contribution is 5.90. The lowest BCUT2D eigenvalue weighted by molar-refractivity contribution is -0.607. The largest absolute Gasteiger partial charge is 0.618 e. The molecule has 0 bridgehead atoms. The molecule has 0 aliphatic carbocycles. The first-order valence-electron chi connectivity index (χ1n) is 8.90. The van der Waals surface area contributed by atoms with Gasteiger partial charge in [-0.15, -0.1) is 0 Å². The zero-order valence-corrected chi connectivity index (χ0v) is 14.6. The third kappa shape index (κ3) is 4.37. The summed E-state index contributed by atoms with van der Waals surface area (Å²) in [6.45, 7) is 4.85. The average Bonchev–Trinajstić information content (AvgIpc) is 2.64. The molecule has 0 saturated carbocycles. The maximum absolute atomic E-state index is 12.4. The minimum Gasteiger partial charge on any atom is -0.618 e.